The quantitative estimate of drug-likeness (QED) is 0.521. The summed E-state index contributed by atoms with van der Waals surface area (Å²) >= 11 is 0. The Hall–Kier alpha value is -3.55. The van der Waals surface area contributed by atoms with Gasteiger partial charge in [0.1, 0.15) is 11.9 Å². The maximum Gasteiger partial charge on any atom is 0.275 e. The Bertz CT molecular complexity index is 1210. The average Bonchev–Trinajstić information content (AvgIpc) is 2.64. The van der Waals surface area contributed by atoms with Gasteiger partial charge >= 0.3 is 0 Å². The second-order valence-electron chi connectivity index (χ2n) is 8.14. The molecule has 0 aliphatic carbocycles. The van der Waals surface area contributed by atoms with Crippen LogP contribution in [0.15, 0.2) is 53.5 Å². The topological polar surface area (TPSA) is 94.2 Å². The lowest BCUT2D eigenvalue weighted by atomic mass is 10.00. The minimum absolute atomic E-state index is 0.0430. The molecule has 8 heteroatoms. The number of hydrogen-bond donors (Lipinski definition) is 1. The third-order valence-corrected chi connectivity index (χ3v) is 4.67. The average molecular weight is 411 g/mol. The van der Waals surface area contributed by atoms with Crippen LogP contribution in [0.5, 0.6) is 0 Å². The van der Waals surface area contributed by atoms with Gasteiger partial charge < -0.3 is 5.32 Å². The number of fused-ring (bicyclic) bond motifs is 1. The van der Waals surface area contributed by atoms with Gasteiger partial charge in [-0.1, -0.05) is 24.3 Å². The highest BCUT2D eigenvalue weighted by atomic mass is 19.1. The monoisotopic (exact) mass is 411 g/mol. The normalized spacial score (nSPS) is 12.6. The minimum atomic E-state index is -1.35. The van der Waals surface area contributed by atoms with E-state index in [4.69, 9.17) is 0 Å². The number of nitrogens with one attached hydrogen (secondary N) is 1. The zero-order chi connectivity index (χ0) is 22.2. The van der Waals surface area contributed by atoms with Gasteiger partial charge in [0, 0.05) is 17.8 Å². The van der Waals surface area contributed by atoms with E-state index in [0.717, 1.165) is 4.57 Å². The summed E-state index contributed by atoms with van der Waals surface area (Å²) in [5.74, 6) is -1.32. The van der Waals surface area contributed by atoms with Crippen LogP contribution >= 0.6 is 0 Å². The summed E-state index contributed by atoms with van der Waals surface area (Å²) in [6, 6.07) is 8.68. The van der Waals surface area contributed by atoms with Crippen molar-refractivity contribution in [2.45, 2.75) is 39.3 Å². The molecule has 0 bridgehead atoms. The Morgan fingerprint density at radius 2 is 1.83 bits per heavy atom. The van der Waals surface area contributed by atoms with Crippen LogP contribution in [0.2, 0.25) is 0 Å². The van der Waals surface area contributed by atoms with E-state index in [9.17, 15) is 24.1 Å². The number of carbonyl (C=O) groups excluding carboxylic acids is 1. The highest BCUT2D eigenvalue weighted by Gasteiger charge is 2.32. The molecule has 156 valence electrons. The number of nitro benzene ring substituents is 1. The standard InChI is InChI=1S/C22H22FN3O4/c1-13-12-25(21(28)18-14(13)9-7-10-16(18)23)19(20(27)24-22(2,3)4)15-8-5-6-11-17(15)26(29)30/h5-12,19H,1-4H3,(H,24,27). The van der Waals surface area contributed by atoms with E-state index in [1.807, 2.05) is 0 Å². The first-order chi connectivity index (χ1) is 14.0. The Labute approximate surface area is 172 Å². The van der Waals surface area contributed by atoms with Gasteiger partial charge in [0.25, 0.3) is 11.2 Å². The Morgan fingerprint density at radius 3 is 2.47 bits per heavy atom. The fourth-order valence-electron chi connectivity index (χ4n) is 3.47. The summed E-state index contributed by atoms with van der Waals surface area (Å²) in [5.41, 5.74) is -1.08. The number of pyridine rings is 1. The maximum atomic E-state index is 14.5. The summed E-state index contributed by atoms with van der Waals surface area (Å²) in [6.07, 6.45) is 1.44. The van der Waals surface area contributed by atoms with Crippen molar-refractivity contribution in [3.63, 3.8) is 0 Å². The van der Waals surface area contributed by atoms with Crippen molar-refractivity contribution in [3.05, 3.63) is 86.1 Å². The fourth-order valence-corrected chi connectivity index (χ4v) is 3.47. The van der Waals surface area contributed by atoms with Crippen LogP contribution in [0.25, 0.3) is 10.8 Å². The third kappa shape index (κ3) is 3.94. The highest BCUT2D eigenvalue weighted by molar-refractivity contribution is 5.88. The summed E-state index contributed by atoms with van der Waals surface area (Å²) in [5, 5.41) is 14.6. The van der Waals surface area contributed by atoms with Crippen LogP contribution in [-0.4, -0.2) is 20.9 Å². The summed E-state index contributed by atoms with van der Waals surface area (Å²) in [7, 11) is 0. The molecule has 0 aliphatic rings. The number of hydrogen-bond acceptors (Lipinski definition) is 4. The van der Waals surface area contributed by atoms with Gasteiger partial charge in [0.05, 0.1) is 15.9 Å². The largest absolute Gasteiger partial charge is 0.349 e. The lowest BCUT2D eigenvalue weighted by Gasteiger charge is -2.26. The zero-order valence-corrected chi connectivity index (χ0v) is 17.1. The number of halogens is 1. The summed E-state index contributed by atoms with van der Waals surface area (Å²) in [4.78, 5) is 37.5. The number of amides is 1. The second kappa shape index (κ2) is 7.70. The molecule has 1 amide bonds. The van der Waals surface area contributed by atoms with Crippen molar-refractivity contribution in [2.24, 2.45) is 0 Å². The van der Waals surface area contributed by atoms with Gasteiger partial charge in [0.2, 0.25) is 5.91 Å². The fraction of sp³-hybridized carbons (Fsp3) is 0.273. The van der Waals surface area contributed by atoms with Gasteiger partial charge in [-0.3, -0.25) is 24.3 Å². The molecule has 30 heavy (non-hydrogen) atoms. The van der Waals surface area contributed by atoms with Crippen molar-refractivity contribution in [1.82, 2.24) is 9.88 Å². The maximum absolute atomic E-state index is 14.5. The van der Waals surface area contributed by atoms with Gasteiger partial charge in [-0.2, -0.15) is 0 Å². The lowest BCUT2D eigenvalue weighted by Crippen LogP contribution is -2.46. The van der Waals surface area contributed by atoms with Crippen LogP contribution in [-0.2, 0) is 4.79 Å². The molecule has 3 rings (SSSR count). The number of para-hydroxylation sites is 1. The Kier molecular flexibility index (Phi) is 5.43. The van der Waals surface area contributed by atoms with E-state index in [-0.39, 0.29) is 16.6 Å². The van der Waals surface area contributed by atoms with Crippen LogP contribution < -0.4 is 10.9 Å². The predicted octanol–water partition coefficient (Wildman–Crippen LogP) is 3.86. The number of aryl methyl sites for hydroxylation is 1. The van der Waals surface area contributed by atoms with Crippen LogP contribution in [0.4, 0.5) is 10.1 Å². The van der Waals surface area contributed by atoms with E-state index in [1.165, 1.54) is 36.5 Å². The first-order valence-corrected chi connectivity index (χ1v) is 9.36. The number of benzene rings is 2. The molecule has 7 nitrogen and oxygen atoms in total. The molecule has 0 aliphatic heterocycles. The molecule has 1 N–H and O–H groups in total. The molecule has 2 aromatic carbocycles. The van der Waals surface area contributed by atoms with Gasteiger partial charge in [-0.15, -0.1) is 0 Å². The van der Waals surface area contributed by atoms with E-state index in [1.54, 1.807) is 39.8 Å². The molecule has 0 saturated heterocycles. The Balaban J connectivity index is 2.36. The lowest BCUT2D eigenvalue weighted by molar-refractivity contribution is -0.385. The molecular formula is C22H22FN3O4. The predicted molar refractivity (Wildman–Crippen MR) is 112 cm³/mol. The smallest absolute Gasteiger partial charge is 0.275 e. The first-order valence-electron chi connectivity index (χ1n) is 9.36. The number of carbonyl (C=O) groups is 1. The van der Waals surface area contributed by atoms with Gasteiger partial charge in [0.15, 0.2) is 0 Å². The number of aromatic nitrogens is 1. The third-order valence-electron chi connectivity index (χ3n) is 4.67. The molecule has 0 saturated carbocycles. The van der Waals surface area contributed by atoms with Crippen LogP contribution in [0.1, 0.15) is 37.9 Å². The van der Waals surface area contributed by atoms with Gasteiger partial charge in [-0.25, -0.2) is 4.39 Å². The number of nitro groups is 1. The summed E-state index contributed by atoms with van der Waals surface area (Å²) in [6.45, 7) is 6.97. The molecule has 1 atom stereocenters. The van der Waals surface area contributed by atoms with E-state index >= 15 is 0 Å². The molecule has 0 fully saturated rings. The SMILES string of the molecule is Cc1cn(C(C(=O)NC(C)(C)C)c2ccccc2[N+](=O)[O-])c(=O)c2c(F)cccc12. The van der Waals surface area contributed by atoms with Crippen LogP contribution in [0.3, 0.4) is 0 Å². The van der Waals surface area contributed by atoms with Crippen molar-refractivity contribution in [2.75, 3.05) is 0 Å². The molecular weight excluding hydrogens is 389 g/mol. The van der Waals surface area contributed by atoms with Crippen molar-refractivity contribution < 1.29 is 14.1 Å². The number of nitrogens with zero attached hydrogens (tertiary/aromatic N) is 2. The first kappa shape index (κ1) is 21.2. The molecule has 3 aromatic rings. The Morgan fingerprint density at radius 1 is 1.17 bits per heavy atom. The van der Waals surface area contributed by atoms with E-state index in [2.05, 4.69) is 5.32 Å². The molecule has 1 heterocycles. The summed E-state index contributed by atoms with van der Waals surface area (Å²) < 4.78 is 15.6. The minimum Gasteiger partial charge on any atom is -0.349 e. The van der Waals surface area contributed by atoms with Crippen molar-refractivity contribution >= 4 is 22.4 Å². The van der Waals surface area contributed by atoms with Crippen LogP contribution in [0, 0.1) is 22.9 Å². The van der Waals surface area contributed by atoms with E-state index < -0.39 is 33.8 Å². The molecule has 1 aromatic heterocycles. The molecule has 0 spiro atoms. The van der Waals surface area contributed by atoms with Crippen molar-refractivity contribution in [1.29, 1.82) is 0 Å². The highest BCUT2D eigenvalue weighted by Crippen LogP contribution is 2.29. The molecule has 0 radical (unpaired) electrons. The second-order valence-corrected chi connectivity index (χ2v) is 8.14. The zero-order valence-electron chi connectivity index (χ0n) is 17.1. The van der Waals surface area contributed by atoms with Gasteiger partial charge in [-0.05, 0) is 50.8 Å². The van der Waals surface area contributed by atoms with Crippen molar-refractivity contribution in [3.8, 4) is 0 Å². The number of rotatable bonds is 4. The molecule has 1 unspecified atom stereocenters. The van der Waals surface area contributed by atoms with E-state index in [0.29, 0.717) is 10.9 Å².